The second-order valence-corrected chi connectivity index (χ2v) is 5.26. The Bertz CT molecular complexity index is 433. The Balaban J connectivity index is 2.98. The molecule has 0 aliphatic heterocycles. The summed E-state index contributed by atoms with van der Waals surface area (Å²) < 4.78 is 4.97. The van der Waals surface area contributed by atoms with Crippen LogP contribution in [0.4, 0.5) is 0 Å². The molecule has 1 amide bonds. The van der Waals surface area contributed by atoms with Gasteiger partial charge in [-0.15, -0.1) is 0 Å². The van der Waals surface area contributed by atoms with Crippen LogP contribution < -0.4 is 10.1 Å². The number of hydrogen-bond donors (Lipinski definition) is 2. The standard InChI is InChI=1S/C12H15Br2NO3/c1-12(6-13,7-14)15-11(17)8-4-3-5-9(18-2)10(8)16/h3-5,16H,6-7H2,1-2H3,(H,15,17). The summed E-state index contributed by atoms with van der Waals surface area (Å²) >= 11 is 6.70. The lowest BCUT2D eigenvalue weighted by molar-refractivity contribution is 0.0919. The lowest BCUT2D eigenvalue weighted by atomic mass is 10.1. The van der Waals surface area contributed by atoms with Crippen LogP contribution in [0.2, 0.25) is 0 Å². The van der Waals surface area contributed by atoms with Gasteiger partial charge in [0.25, 0.3) is 5.91 Å². The van der Waals surface area contributed by atoms with Crippen molar-refractivity contribution < 1.29 is 14.6 Å². The van der Waals surface area contributed by atoms with Crippen molar-refractivity contribution in [3.63, 3.8) is 0 Å². The Labute approximate surface area is 123 Å². The van der Waals surface area contributed by atoms with Crippen LogP contribution in [-0.2, 0) is 0 Å². The molecule has 0 atom stereocenters. The maximum atomic E-state index is 12.1. The molecule has 0 saturated heterocycles. The summed E-state index contributed by atoms with van der Waals surface area (Å²) in [7, 11) is 1.44. The summed E-state index contributed by atoms with van der Waals surface area (Å²) in [6.07, 6.45) is 0. The van der Waals surface area contributed by atoms with Crippen molar-refractivity contribution >= 4 is 37.8 Å². The second kappa shape index (κ2) is 6.43. The topological polar surface area (TPSA) is 58.6 Å². The molecule has 4 nitrogen and oxygen atoms in total. The van der Waals surface area contributed by atoms with E-state index < -0.39 is 5.54 Å². The van der Waals surface area contributed by atoms with Crippen molar-refractivity contribution in [1.29, 1.82) is 0 Å². The number of amides is 1. The molecular weight excluding hydrogens is 366 g/mol. The van der Waals surface area contributed by atoms with Gasteiger partial charge in [0, 0.05) is 10.7 Å². The van der Waals surface area contributed by atoms with Gasteiger partial charge in [0.15, 0.2) is 11.5 Å². The molecule has 2 N–H and O–H groups in total. The lowest BCUT2D eigenvalue weighted by Crippen LogP contribution is -2.48. The summed E-state index contributed by atoms with van der Waals surface area (Å²) in [5, 5.41) is 13.9. The average molecular weight is 381 g/mol. The highest BCUT2D eigenvalue weighted by Crippen LogP contribution is 2.29. The third-order valence-corrected chi connectivity index (χ3v) is 4.94. The largest absolute Gasteiger partial charge is 0.504 e. The summed E-state index contributed by atoms with van der Waals surface area (Å²) in [5.41, 5.74) is -0.227. The average Bonchev–Trinajstić information content (AvgIpc) is 2.38. The van der Waals surface area contributed by atoms with Gasteiger partial charge in [-0.2, -0.15) is 0 Å². The highest BCUT2D eigenvalue weighted by Gasteiger charge is 2.26. The molecule has 0 spiro atoms. The number of alkyl halides is 2. The van der Waals surface area contributed by atoms with E-state index in [-0.39, 0.29) is 23.0 Å². The van der Waals surface area contributed by atoms with Crippen molar-refractivity contribution in [3.8, 4) is 11.5 Å². The van der Waals surface area contributed by atoms with E-state index in [4.69, 9.17) is 4.74 Å². The fourth-order valence-corrected chi connectivity index (χ4v) is 2.52. The van der Waals surface area contributed by atoms with Crippen LogP contribution in [-0.4, -0.2) is 34.3 Å². The number of benzene rings is 1. The molecule has 6 heteroatoms. The smallest absolute Gasteiger partial charge is 0.255 e. The van der Waals surface area contributed by atoms with Gasteiger partial charge < -0.3 is 15.2 Å². The van der Waals surface area contributed by atoms with Gasteiger partial charge in [-0.1, -0.05) is 37.9 Å². The van der Waals surface area contributed by atoms with Crippen LogP contribution in [0, 0.1) is 0 Å². The molecule has 0 bridgehead atoms. The number of ether oxygens (including phenoxy) is 1. The monoisotopic (exact) mass is 379 g/mol. The molecule has 1 rings (SSSR count). The zero-order chi connectivity index (χ0) is 13.8. The maximum Gasteiger partial charge on any atom is 0.255 e. The normalized spacial score (nSPS) is 11.1. The fraction of sp³-hybridized carbons (Fsp3) is 0.417. The molecule has 100 valence electrons. The molecule has 1 aromatic rings. The van der Waals surface area contributed by atoms with Gasteiger partial charge in [0.1, 0.15) is 0 Å². The number of carbonyl (C=O) groups is 1. The molecule has 0 saturated carbocycles. The van der Waals surface area contributed by atoms with Crippen molar-refractivity contribution in [2.24, 2.45) is 0 Å². The number of carbonyl (C=O) groups excluding carboxylic acids is 1. The third-order valence-electron chi connectivity index (χ3n) is 2.47. The molecule has 18 heavy (non-hydrogen) atoms. The molecule has 0 aliphatic carbocycles. The number of phenols is 1. The Hall–Kier alpha value is -0.750. The first-order valence-electron chi connectivity index (χ1n) is 5.28. The highest BCUT2D eigenvalue weighted by atomic mass is 79.9. The molecule has 0 fully saturated rings. The van der Waals surface area contributed by atoms with Crippen molar-refractivity contribution in [1.82, 2.24) is 5.32 Å². The van der Waals surface area contributed by atoms with Crippen molar-refractivity contribution in [2.75, 3.05) is 17.8 Å². The molecule has 0 aromatic heterocycles. The van der Waals surface area contributed by atoms with Gasteiger partial charge in [-0.05, 0) is 19.1 Å². The molecule has 0 heterocycles. The molecule has 0 aliphatic rings. The van der Waals surface area contributed by atoms with Crippen LogP contribution in [0.25, 0.3) is 0 Å². The number of rotatable bonds is 5. The number of nitrogens with one attached hydrogen (secondary N) is 1. The highest BCUT2D eigenvalue weighted by molar-refractivity contribution is 9.09. The molecule has 0 unspecified atom stereocenters. The van der Waals surface area contributed by atoms with Gasteiger partial charge in [-0.25, -0.2) is 0 Å². The lowest BCUT2D eigenvalue weighted by Gasteiger charge is -2.26. The second-order valence-electron chi connectivity index (χ2n) is 4.14. The Morgan fingerprint density at radius 2 is 2.06 bits per heavy atom. The number of hydrogen-bond acceptors (Lipinski definition) is 3. The van der Waals surface area contributed by atoms with Crippen molar-refractivity contribution in [2.45, 2.75) is 12.5 Å². The van der Waals surface area contributed by atoms with Crippen LogP contribution in [0.3, 0.4) is 0 Å². The predicted molar refractivity (Wildman–Crippen MR) is 78.1 cm³/mol. The number of methoxy groups -OCH3 is 1. The van der Waals surface area contributed by atoms with E-state index in [1.165, 1.54) is 7.11 Å². The van der Waals surface area contributed by atoms with E-state index >= 15 is 0 Å². The summed E-state index contributed by atoms with van der Waals surface area (Å²) in [6, 6.07) is 4.81. The van der Waals surface area contributed by atoms with Gasteiger partial charge in [-0.3, -0.25) is 4.79 Å². The number of aromatic hydroxyl groups is 1. The van der Waals surface area contributed by atoms with E-state index in [0.29, 0.717) is 10.7 Å². The first-order chi connectivity index (χ1) is 8.47. The van der Waals surface area contributed by atoms with Gasteiger partial charge in [0.05, 0.1) is 18.2 Å². The van der Waals surface area contributed by atoms with Gasteiger partial charge in [0.2, 0.25) is 0 Å². The fourth-order valence-electron chi connectivity index (χ4n) is 1.31. The van der Waals surface area contributed by atoms with E-state index in [9.17, 15) is 9.90 Å². The predicted octanol–water partition coefficient (Wildman–Crippen LogP) is 2.68. The van der Waals surface area contributed by atoms with E-state index in [1.807, 2.05) is 6.92 Å². The number of halogens is 2. The summed E-state index contributed by atoms with van der Waals surface area (Å²) in [4.78, 5) is 12.1. The molecule has 0 radical (unpaired) electrons. The molecule has 1 aromatic carbocycles. The summed E-state index contributed by atoms with van der Waals surface area (Å²) in [5.74, 6) is -0.209. The minimum Gasteiger partial charge on any atom is -0.504 e. The molecular formula is C12H15Br2NO3. The van der Waals surface area contributed by atoms with Crippen molar-refractivity contribution in [3.05, 3.63) is 23.8 Å². The quantitative estimate of drug-likeness (QED) is 0.772. The van der Waals surface area contributed by atoms with Crippen LogP contribution in [0.5, 0.6) is 11.5 Å². The SMILES string of the molecule is COc1cccc(C(=O)NC(C)(CBr)CBr)c1O. The minimum absolute atomic E-state index is 0.149. The zero-order valence-corrected chi connectivity index (χ0v) is 13.3. The Morgan fingerprint density at radius 3 is 2.56 bits per heavy atom. The first kappa shape index (κ1) is 15.3. The van der Waals surface area contributed by atoms with Crippen LogP contribution in [0.15, 0.2) is 18.2 Å². The minimum atomic E-state index is -0.424. The van der Waals surface area contributed by atoms with E-state index in [0.717, 1.165) is 0 Å². The third kappa shape index (κ3) is 3.38. The maximum absolute atomic E-state index is 12.1. The van der Waals surface area contributed by atoms with E-state index in [2.05, 4.69) is 37.2 Å². The zero-order valence-electron chi connectivity index (χ0n) is 10.2. The number of phenolic OH excluding ortho intramolecular Hbond substituents is 1. The summed E-state index contributed by atoms with van der Waals surface area (Å²) in [6.45, 7) is 1.89. The van der Waals surface area contributed by atoms with E-state index in [1.54, 1.807) is 18.2 Å². The Kier molecular flexibility index (Phi) is 5.47. The Morgan fingerprint density at radius 1 is 1.44 bits per heavy atom. The first-order valence-corrected chi connectivity index (χ1v) is 7.52. The van der Waals surface area contributed by atoms with Gasteiger partial charge >= 0.3 is 0 Å². The number of para-hydroxylation sites is 1. The van der Waals surface area contributed by atoms with Crippen LogP contribution >= 0.6 is 31.9 Å². The van der Waals surface area contributed by atoms with Crippen LogP contribution in [0.1, 0.15) is 17.3 Å².